The monoisotopic (exact) mass is 248 g/mol. The quantitative estimate of drug-likeness (QED) is 0.504. The van der Waals surface area contributed by atoms with E-state index in [-0.39, 0.29) is 29.3 Å². The first-order valence-corrected chi connectivity index (χ1v) is 4.99. The summed E-state index contributed by atoms with van der Waals surface area (Å²) in [5.74, 6) is -0.471. The predicted molar refractivity (Wildman–Crippen MR) is 45.9 cm³/mol. The van der Waals surface area contributed by atoms with Gasteiger partial charge >= 0.3 is 84.0 Å². The zero-order valence-electron chi connectivity index (χ0n) is 7.28. The SMILES string of the molecule is CCC(C(=O)[Se])N1C(=O)CCC1=O. The first kappa shape index (κ1) is 10.4. The fourth-order valence-electron chi connectivity index (χ4n) is 1.40. The predicted octanol–water partition coefficient (Wildman–Crippen LogP) is -0.391. The Kier molecular flexibility index (Phi) is 3.22. The average Bonchev–Trinajstić information content (AvgIpc) is 2.36. The molecule has 1 unspecified atom stereocenters. The van der Waals surface area contributed by atoms with Gasteiger partial charge in [0.15, 0.2) is 0 Å². The van der Waals surface area contributed by atoms with Gasteiger partial charge in [-0.15, -0.1) is 0 Å². The van der Waals surface area contributed by atoms with Crippen LogP contribution in [0.15, 0.2) is 0 Å². The van der Waals surface area contributed by atoms with E-state index in [0.717, 1.165) is 4.90 Å². The first-order valence-electron chi connectivity index (χ1n) is 4.13. The summed E-state index contributed by atoms with van der Waals surface area (Å²) in [7, 11) is 0. The molecule has 0 bridgehead atoms. The molecule has 2 amide bonds. The third kappa shape index (κ3) is 1.98. The fourth-order valence-corrected chi connectivity index (χ4v) is 1.97. The molecule has 1 fully saturated rings. The van der Waals surface area contributed by atoms with E-state index in [4.69, 9.17) is 0 Å². The molecule has 0 aromatic heterocycles. The van der Waals surface area contributed by atoms with Gasteiger partial charge < -0.3 is 0 Å². The fraction of sp³-hybridized carbons (Fsp3) is 0.625. The Labute approximate surface area is 84.5 Å². The number of carbonyl (C=O) groups is 3. The molecule has 0 saturated carbocycles. The normalized spacial score (nSPS) is 19.3. The van der Waals surface area contributed by atoms with E-state index in [9.17, 15) is 14.4 Å². The topological polar surface area (TPSA) is 54.5 Å². The zero-order chi connectivity index (χ0) is 10.0. The second kappa shape index (κ2) is 4.03. The van der Waals surface area contributed by atoms with Crippen LogP contribution < -0.4 is 0 Å². The molecular formula is C8H10NO3Se. The van der Waals surface area contributed by atoms with Gasteiger partial charge in [0, 0.05) is 0 Å². The number of rotatable bonds is 3. The van der Waals surface area contributed by atoms with E-state index in [2.05, 4.69) is 16.0 Å². The molecule has 1 aliphatic heterocycles. The summed E-state index contributed by atoms with van der Waals surface area (Å²) in [5, 5.41) is 0. The summed E-state index contributed by atoms with van der Waals surface area (Å²) in [6.07, 6.45) is 0.953. The number of likely N-dealkylation sites (tertiary alicyclic amines) is 1. The molecule has 1 aliphatic rings. The van der Waals surface area contributed by atoms with Gasteiger partial charge in [0.25, 0.3) is 0 Å². The van der Waals surface area contributed by atoms with E-state index in [1.54, 1.807) is 6.92 Å². The van der Waals surface area contributed by atoms with E-state index in [0.29, 0.717) is 6.42 Å². The van der Waals surface area contributed by atoms with Crippen LogP contribution in [0.2, 0.25) is 0 Å². The van der Waals surface area contributed by atoms with Crippen molar-refractivity contribution in [3.05, 3.63) is 0 Å². The third-order valence-corrected chi connectivity index (χ3v) is 2.63. The van der Waals surface area contributed by atoms with E-state index in [1.807, 2.05) is 0 Å². The summed E-state index contributed by atoms with van der Waals surface area (Å²) in [6, 6.07) is -0.595. The summed E-state index contributed by atoms with van der Waals surface area (Å²) < 4.78 is -0.244. The van der Waals surface area contributed by atoms with Crippen LogP contribution in [0.4, 0.5) is 0 Å². The summed E-state index contributed by atoms with van der Waals surface area (Å²) in [4.78, 5) is 34.6. The van der Waals surface area contributed by atoms with Gasteiger partial charge in [-0.2, -0.15) is 0 Å². The van der Waals surface area contributed by atoms with Crippen molar-refractivity contribution in [3.63, 3.8) is 0 Å². The Morgan fingerprint density at radius 1 is 1.46 bits per heavy atom. The Morgan fingerprint density at radius 2 is 1.92 bits per heavy atom. The zero-order valence-corrected chi connectivity index (χ0v) is 8.99. The Hall–Kier alpha value is -0.671. The number of carbonyl (C=O) groups excluding carboxylic acids is 3. The molecular weight excluding hydrogens is 237 g/mol. The van der Waals surface area contributed by atoms with Gasteiger partial charge in [-0.25, -0.2) is 0 Å². The first-order chi connectivity index (χ1) is 6.07. The number of hydrogen-bond acceptors (Lipinski definition) is 3. The standard InChI is InChI=1S/C8H10NO3Se/c1-2-5(8(12)13)9-6(10)3-4-7(9)11/h5H,2-4H2,1H3. The average molecular weight is 247 g/mol. The van der Waals surface area contributed by atoms with Crippen molar-refractivity contribution in [3.8, 4) is 0 Å². The van der Waals surface area contributed by atoms with Gasteiger partial charge in [-0.1, -0.05) is 0 Å². The van der Waals surface area contributed by atoms with Crippen molar-refractivity contribution in [2.45, 2.75) is 32.2 Å². The molecule has 0 aromatic rings. The molecule has 5 heteroatoms. The van der Waals surface area contributed by atoms with E-state index >= 15 is 0 Å². The molecule has 0 N–H and O–H groups in total. The molecule has 0 spiro atoms. The molecule has 0 aromatic carbocycles. The van der Waals surface area contributed by atoms with Gasteiger partial charge in [0.1, 0.15) is 0 Å². The van der Waals surface area contributed by atoms with E-state index < -0.39 is 6.04 Å². The van der Waals surface area contributed by atoms with Crippen LogP contribution in [0.5, 0.6) is 0 Å². The number of nitrogens with zero attached hydrogens (tertiary/aromatic N) is 1. The van der Waals surface area contributed by atoms with Gasteiger partial charge in [-0.3, -0.25) is 0 Å². The van der Waals surface area contributed by atoms with Crippen molar-refractivity contribution in [1.82, 2.24) is 4.90 Å². The molecule has 71 valence electrons. The maximum absolute atomic E-state index is 11.2. The minimum absolute atomic E-state index is 0.236. The van der Waals surface area contributed by atoms with E-state index in [1.165, 1.54) is 0 Å². The van der Waals surface area contributed by atoms with Crippen LogP contribution >= 0.6 is 0 Å². The summed E-state index contributed by atoms with van der Waals surface area (Å²) in [6.45, 7) is 1.78. The van der Waals surface area contributed by atoms with Crippen molar-refractivity contribution >= 4 is 32.5 Å². The second-order valence-electron chi connectivity index (χ2n) is 2.90. The molecule has 0 aliphatic carbocycles. The molecule has 1 saturated heterocycles. The Balaban J connectivity index is 2.84. The second-order valence-corrected chi connectivity index (χ2v) is 3.74. The van der Waals surface area contributed by atoms with Crippen LogP contribution in [0.25, 0.3) is 0 Å². The van der Waals surface area contributed by atoms with Gasteiger partial charge in [0.2, 0.25) is 0 Å². The summed E-state index contributed by atoms with van der Waals surface area (Å²) >= 11 is 2.32. The van der Waals surface area contributed by atoms with Crippen molar-refractivity contribution in [2.24, 2.45) is 0 Å². The number of amides is 2. The van der Waals surface area contributed by atoms with Gasteiger partial charge in [0.05, 0.1) is 0 Å². The minimum atomic E-state index is -0.595. The molecule has 1 heterocycles. The molecule has 4 nitrogen and oxygen atoms in total. The third-order valence-electron chi connectivity index (χ3n) is 2.06. The van der Waals surface area contributed by atoms with Gasteiger partial charge in [-0.05, 0) is 0 Å². The van der Waals surface area contributed by atoms with Crippen LogP contribution in [-0.2, 0) is 14.4 Å². The molecule has 13 heavy (non-hydrogen) atoms. The van der Waals surface area contributed by atoms with Crippen LogP contribution in [0.1, 0.15) is 26.2 Å². The maximum atomic E-state index is 11.2. The van der Waals surface area contributed by atoms with Crippen molar-refractivity contribution in [2.75, 3.05) is 0 Å². The number of imide groups is 1. The molecule has 1 rings (SSSR count). The van der Waals surface area contributed by atoms with Crippen molar-refractivity contribution in [1.29, 1.82) is 0 Å². The van der Waals surface area contributed by atoms with Crippen molar-refractivity contribution < 1.29 is 14.4 Å². The van der Waals surface area contributed by atoms with Crippen LogP contribution in [0.3, 0.4) is 0 Å². The summed E-state index contributed by atoms with van der Waals surface area (Å²) in [5.41, 5.74) is 0. The Bertz CT molecular complexity index is 248. The Morgan fingerprint density at radius 3 is 2.23 bits per heavy atom. The molecule has 1 atom stereocenters. The number of hydrogen-bond donors (Lipinski definition) is 0. The van der Waals surface area contributed by atoms with Crippen LogP contribution in [-0.4, -0.2) is 43.5 Å². The molecule has 1 radical (unpaired) electrons. The van der Waals surface area contributed by atoms with Crippen LogP contribution in [0, 0.1) is 0 Å².